The van der Waals surface area contributed by atoms with Crippen molar-refractivity contribution < 1.29 is 4.79 Å². The number of tetrazole rings is 1. The molecule has 1 amide bonds. The van der Waals surface area contributed by atoms with Crippen LogP contribution >= 0.6 is 0 Å². The normalized spacial score (nSPS) is 11.2. The van der Waals surface area contributed by atoms with Gasteiger partial charge in [0, 0.05) is 18.2 Å². The van der Waals surface area contributed by atoms with E-state index in [9.17, 15) is 4.79 Å². The third kappa shape index (κ3) is 2.86. The number of H-pyrrole nitrogens is 1. The van der Waals surface area contributed by atoms with E-state index in [1.54, 1.807) is 18.3 Å². The van der Waals surface area contributed by atoms with Gasteiger partial charge in [-0.15, -0.1) is 10.2 Å². The molecular formula is C12H14N8O. The molecular weight excluding hydrogens is 272 g/mol. The molecule has 0 spiro atoms. The van der Waals surface area contributed by atoms with E-state index in [1.807, 2.05) is 0 Å². The molecule has 0 fully saturated rings. The minimum atomic E-state index is -0.310. The van der Waals surface area contributed by atoms with Gasteiger partial charge in [-0.3, -0.25) is 15.2 Å². The van der Waals surface area contributed by atoms with E-state index >= 15 is 0 Å². The highest BCUT2D eigenvalue weighted by atomic mass is 16.1. The van der Waals surface area contributed by atoms with Crippen molar-refractivity contribution in [2.24, 2.45) is 5.92 Å². The Morgan fingerprint density at radius 2 is 2.33 bits per heavy atom. The number of aromatic nitrogens is 7. The summed E-state index contributed by atoms with van der Waals surface area (Å²) in [7, 11) is 0. The van der Waals surface area contributed by atoms with Crippen molar-refractivity contribution in [1.29, 1.82) is 0 Å². The number of carbonyl (C=O) groups excluding carboxylic acids is 1. The van der Waals surface area contributed by atoms with E-state index < -0.39 is 0 Å². The molecule has 3 heterocycles. The van der Waals surface area contributed by atoms with Crippen molar-refractivity contribution in [3.05, 3.63) is 29.7 Å². The van der Waals surface area contributed by atoms with Crippen LogP contribution in [-0.4, -0.2) is 41.1 Å². The number of hydrogen-bond acceptors (Lipinski definition) is 6. The number of fused-ring (bicyclic) bond motifs is 1. The molecule has 2 N–H and O–H groups in total. The van der Waals surface area contributed by atoms with Gasteiger partial charge in [-0.05, 0) is 28.5 Å². The highest BCUT2D eigenvalue weighted by Gasteiger charge is 2.12. The van der Waals surface area contributed by atoms with Gasteiger partial charge in [0.1, 0.15) is 5.82 Å². The molecule has 0 atom stereocenters. The van der Waals surface area contributed by atoms with Crippen molar-refractivity contribution in [2.75, 3.05) is 5.32 Å². The maximum Gasteiger partial charge on any atom is 0.258 e. The van der Waals surface area contributed by atoms with Crippen LogP contribution in [0, 0.1) is 5.92 Å². The summed E-state index contributed by atoms with van der Waals surface area (Å²) in [6.07, 6.45) is 2.40. The fourth-order valence-corrected chi connectivity index (χ4v) is 1.88. The topological polar surface area (TPSA) is 114 Å². The molecule has 0 unspecified atom stereocenters. The molecule has 0 saturated heterocycles. The number of anilines is 1. The van der Waals surface area contributed by atoms with E-state index in [1.165, 1.54) is 4.52 Å². The summed E-state index contributed by atoms with van der Waals surface area (Å²) in [5.74, 6) is 1.16. The van der Waals surface area contributed by atoms with E-state index in [4.69, 9.17) is 0 Å². The predicted octanol–water partition coefficient (Wildman–Crippen LogP) is 0.693. The van der Waals surface area contributed by atoms with Gasteiger partial charge in [0.2, 0.25) is 5.95 Å². The molecule has 3 aromatic heterocycles. The SMILES string of the molecule is CC(C)Cc1nc(NC(=O)c2ccn3nnnc3c2)n[nH]1. The lowest BCUT2D eigenvalue weighted by molar-refractivity contribution is 0.102. The highest BCUT2D eigenvalue weighted by Crippen LogP contribution is 2.08. The molecule has 0 bridgehead atoms. The number of hydrogen-bond donors (Lipinski definition) is 2. The molecule has 0 saturated carbocycles. The number of carbonyl (C=O) groups is 1. The van der Waals surface area contributed by atoms with Gasteiger partial charge in [-0.1, -0.05) is 13.8 Å². The molecule has 0 radical (unpaired) electrons. The fourth-order valence-electron chi connectivity index (χ4n) is 1.88. The molecule has 3 rings (SSSR count). The van der Waals surface area contributed by atoms with Gasteiger partial charge >= 0.3 is 0 Å². The van der Waals surface area contributed by atoms with E-state index in [0.717, 1.165) is 12.2 Å². The maximum atomic E-state index is 12.1. The summed E-state index contributed by atoms with van der Waals surface area (Å²) in [6.45, 7) is 4.17. The Hall–Kier alpha value is -2.84. The van der Waals surface area contributed by atoms with E-state index in [0.29, 0.717) is 17.1 Å². The van der Waals surface area contributed by atoms with Gasteiger partial charge in [-0.2, -0.15) is 4.98 Å². The lowest BCUT2D eigenvalue weighted by atomic mass is 10.1. The molecule has 0 aliphatic rings. The van der Waals surface area contributed by atoms with Crippen LogP contribution in [-0.2, 0) is 6.42 Å². The Kier molecular flexibility index (Phi) is 3.30. The number of nitrogens with one attached hydrogen (secondary N) is 2. The Morgan fingerprint density at radius 1 is 1.48 bits per heavy atom. The lowest BCUT2D eigenvalue weighted by Crippen LogP contribution is -2.13. The molecule has 0 aliphatic heterocycles. The summed E-state index contributed by atoms with van der Waals surface area (Å²) in [6, 6.07) is 3.22. The Bertz CT molecular complexity index is 774. The molecule has 21 heavy (non-hydrogen) atoms. The number of aromatic amines is 1. The van der Waals surface area contributed by atoms with Crippen molar-refractivity contribution >= 4 is 17.5 Å². The monoisotopic (exact) mass is 286 g/mol. The number of rotatable bonds is 4. The molecule has 0 aromatic carbocycles. The number of amides is 1. The van der Waals surface area contributed by atoms with E-state index in [2.05, 4.69) is 49.9 Å². The Balaban J connectivity index is 1.74. The first-order valence-corrected chi connectivity index (χ1v) is 6.52. The Morgan fingerprint density at radius 3 is 3.14 bits per heavy atom. The van der Waals surface area contributed by atoms with Crippen LogP contribution in [0.3, 0.4) is 0 Å². The third-order valence-electron chi connectivity index (χ3n) is 2.82. The number of pyridine rings is 1. The molecule has 0 aliphatic carbocycles. The highest BCUT2D eigenvalue weighted by molar-refractivity contribution is 6.03. The summed E-state index contributed by atoms with van der Waals surface area (Å²) >= 11 is 0. The van der Waals surface area contributed by atoms with Crippen LogP contribution in [0.2, 0.25) is 0 Å². The van der Waals surface area contributed by atoms with Crippen molar-refractivity contribution in [1.82, 2.24) is 35.2 Å². The first-order valence-electron chi connectivity index (χ1n) is 6.52. The maximum absolute atomic E-state index is 12.1. The smallest absolute Gasteiger partial charge is 0.258 e. The molecule has 9 heteroatoms. The van der Waals surface area contributed by atoms with Gasteiger partial charge < -0.3 is 0 Å². The zero-order valence-electron chi connectivity index (χ0n) is 11.6. The average Bonchev–Trinajstić information content (AvgIpc) is 3.06. The van der Waals surface area contributed by atoms with Gasteiger partial charge in [0.05, 0.1) is 0 Å². The first kappa shape index (κ1) is 13.2. The van der Waals surface area contributed by atoms with Crippen molar-refractivity contribution in [3.8, 4) is 0 Å². The first-order chi connectivity index (χ1) is 10.1. The summed E-state index contributed by atoms with van der Waals surface area (Å²) in [5, 5.41) is 20.5. The van der Waals surface area contributed by atoms with Crippen molar-refractivity contribution in [3.63, 3.8) is 0 Å². The number of nitrogens with zero attached hydrogens (tertiary/aromatic N) is 6. The standard InChI is InChI=1S/C12H14N8O/c1-7(2)5-9-13-12(17-15-9)14-11(21)8-3-4-20-10(6-8)16-18-19-20/h3-4,6-7H,5H2,1-2H3,(H2,13,14,15,17,21). The van der Waals surface area contributed by atoms with Crippen LogP contribution in [0.1, 0.15) is 30.0 Å². The fraction of sp³-hybridized carbons (Fsp3) is 0.333. The summed E-state index contributed by atoms with van der Waals surface area (Å²) in [4.78, 5) is 16.4. The minimum absolute atomic E-state index is 0.259. The summed E-state index contributed by atoms with van der Waals surface area (Å²) in [5.41, 5.74) is 0.936. The quantitative estimate of drug-likeness (QED) is 0.729. The molecule has 108 valence electrons. The van der Waals surface area contributed by atoms with Crippen LogP contribution < -0.4 is 5.32 Å². The zero-order valence-corrected chi connectivity index (χ0v) is 11.6. The minimum Gasteiger partial charge on any atom is -0.289 e. The van der Waals surface area contributed by atoms with E-state index in [-0.39, 0.29) is 11.9 Å². The summed E-state index contributed by atoms with van der Waals surface area (Å²) < 4.78 is 1.48. The molecule has 9 nitrogen and oxygen atoms in total. The van der Waals surface area contributed by atoms with Crippen LogP contribution in [0.5, 0.6) is 0 Å². The van der Waals surface area contributed by atoms with Crippen LogP contribution in [0.25, 0.3) is 5.65 Å². The Labute approximate surface area is 119 Å². The zero-order chi connectivity index (χ0) is 14.8. The van der Waals surface area contributed by atoms with Gasteiger partial charge in [0.25, 0.3) is 5.91 Å². The lowest BCUT2D eigenvalue weighted by Gasteiger charge is -2.01. The largest absolute Gasteiger partial charge is 0.289 e. The average molecular weight is 286 g/mol. The van der Waals surface area contributed by atoms with Crippen LogP contribution in [0.4, 0.5) is 5.95 Å². The molecule has 3 aromatic rings. The third-order valence-corrected chi connectivity index (χ3v) is 2.82. The van der Waals surface area contributed by atoms with Crippen LogP contribution in [0.15, 0.2) is 18.3 Å². The predicted molar refractivity (Wildman–Crippen MR) is 73.7 cm³/mol. The second kappa shape index (κ2) is 5.27. The second-order valence-electron chi connectivity index (χ2n) is 5.05. The van der Waals surface area contributed by atoms with Gasteiger partial charge in [0.15, 0.2) is 5.65 Å². The second-order valence-corrected chi connectivity index (χ2v) is 5.05. The van der Waals surface area contributed by atoms with Crippen molar-refractivity contribution in [2.45, 2.75) is 20.3 Å². The van der Waals surface area contributed by atoms with Gasteiger partial charge in [-0.25, -0.2) is 4.52 Å².